The third kappa shape index (κ3) is 6.88. The Bertz CT molecular complexity index is 1540. The number of alkyl halides is 3. The molecule has 2 aliphatic heterocycles. The van der Waals surface area contributed by atoms with E-state index in [0.29, 0.717) is 18.8 Å². The molecule has 2 saturated heterocycles. The number of aryl methyl sites for hydroxylation is 4. The Morgan fingerprint density at radius 1 is 1.02 bits per heavy atom. The molecule has 3 aromatic rings. The first kappa shape index (κ1) is 32.1. The minimum atomic E-state index is -5.08. The fraction of sp³-hybridized carbons (Fsp3) is 0.464. The number of carbonyl (C=O) groups is 2. The van der Waals surface area contributed by atoms with Gasteiger partial charge in [-0.05, 0) is 56.5 Å². The molecule has 0 radical (unpaired) electrons. The summed E-state index contributed by atoms with van der Waals surface area (Å²) >= 11 is 0. The molecule has 5 rings (SSSR count). The van der Waals surface area contributed by atoms with Crippen molar-refractivity contribution in [2.24, 2.45) is 5.92 Å². The molecule has 2 atom stereocenters. The van der Waals surface area contributed by atoms with Crippen LogP contribution in [0.25, 0.3) is 0 Å². The Morgan fingerprint density at radius 2 is 1.67 bits per heavy atom. The molecule has 1 amide bonds. The van der Waals surface area contributed by atoms with Crippen LogP contribution in [0.15, 0.2) is 50.6 Å². The van der Waals surface area contributed by atoms with E-state index in [0.717, 1.165) is 18.7 Å². The molecule has 0 aliphatic carbocycles. The number of furan rings is 1. The van der Waals surface area contributed by atoms with Crippen molar-refractivity contribution in [3.8, 4) is 0 Å². The van der Waals surface area contributed by atoms with Gasteiger partial charge in [0.2, 0.25) is 15.9 Å². The van der Waals surface area contributed by atoms with Gasteiger partial charge < -0.3 is 23.8 Å². The Labute approximate surface area is 246 Å². The van der Waals surface area contributed by atoms with Crippen molar-refractivity contribution >= 4 is 27.6 Å². The number of carboxylic acids is 1. The first-order chi connectivity index (χ1) is 20.1. The average Bonchev–Trinajstić information content (AvgIpc) is 3.70. The molecule has 11 nitrogen and oxygen atoms in total. The van der Waals surface area contributed by atoms with Crippen molar-refractivity contribution in [1.82, 2.24) is 14.4 Å². The van der Waals surface area contributed by atoms with E-state index in [-0.39, 0.29) is 35.6 Å². The van der Waals surface area contributed by atoms with Crippen molar-refractivity contribution in [3.63, 3.8) is 0 Å². The number of hydrogen-bond acceptors (Lipinski definition) is 8. The van der Waals surface area contributed by atoms with Crippen molar-refractivity contribution in [3.05, 3.63) is 64.9 Å². The van der Waals surface area contributed by atoms with Crippen LogP contribution in [0.5, 0.6) is 0 Å². The largest absolute Gasteiger partial charge is 0.490 e. The first-order valence-corrected chi connectivity index (χ1v) is 14.9. The lowest BCUT2D eigenvalue weighted by Gasteiger charge is -2.38. The normalized spacial score (nSPS) is 19.7. The zero-order chi connectivity index (χ0) is 31.7. The minimum Gasteiger partial charge on any atom is -0.475 e. The molecule has 0 spiro atoms. The van der Waals surface area contributed by atoms with Crippen LogP contribution in [0.1, 0.15) is 34.1 Å². The number of rotatable bonds is 5. The van der Waals surface area contributed by atoms with Gasteiger partial charge >= 0.3 is 12.1 Å². The van der Waals surface area contributed by atoms with Gasteiger partial charge in [-0.1, -0.05) is 17.3 Å². The minimum absolute atomic E-state index is 0.0155. The maximum absolute atomic E-state index is 13.8. The summed E-state index contributed by atoms with van der Waals surface area (Å²) in [6.45, 7) is 10.4. The quantitative estimate of drug-likeness (QED) is 0.447. The van der Waals surface area contributed by atoms with Gasteiger partial charge in [-0.3, -0.25) is 4.79 Å². The summed E-state index contributed by atoms with van der Waals surface area (Å²) in [6.07, 6.45) is -1.92. The third-order valence-electron chi connectivity index (χ3n) is 7.68. The number of carbonyl (C=O) groups excluding carboxylic acids is 1. The highest BCUT2D eigenvalue weighted by atomic mass is 32.2. The van der Waals surface area contributed by atoms with E-state index >= 15 is 0 Å². The van der Waals surface area contributed by atoms with Gasteiger partial charge in [0.1, 0.15) is 10.6 Å². The van der Waals surface area contributed by atoms with Crippen LogP contribution in [0, 0.1) is 33.6 Å². The molecular formula is C28H33F3N4O7S. The van der Waals surface area contributed by atoms with Crippen LogP contribution < -0.4 is 4.90 Å². The Morgan fingerprint density at radius 3 is 2.21 bits per heavy atom. The van der Waals surface area contributed by atoms with E-state index in [2.05, 4.69) is 42.1 Å². The number of aliphatic carboxylic acids is 1. The van der Waals surface area contributed by atoms with Crippen LogP contribution in [-0.4, -0.2) is 85.2 Å². The molecule has 2 fully saturated rings. The van der Waals surface area contributed by atoms with Crippen molar-refractivity contribution in [1.29, 1.82) is 0 Å². The number of nitrogens with zero attached hydrogens (tertiary/aromatic N) is 4. The van der Waals surface area contributed by atoms with E-state index in [1.165, 1.54) is 21.1 Å². The Hall–Kier alpha value is -3.85. The van der Waals surface area contributed by atoms with E-state index in [1.807, 2.05) is 11.0 Å². The van der Waals surface area contributed by atoms with Crippen LogP contribution in [0.4, 0.5) is 18.9 Å². The number of sulfonamides is 1. The van der Waals surface area contributed by atoms with Crippen LogP contribution in [0.2, 0.25) is 0 Å². The summed E-state index contributed by atoms with van der Waals surface area (Å²) in [6, 6.07) is 8.24. The Kier molecular flexibility index (Phi) is 9.25. The van der Waals surface area contributed by atoms with Crippen LogP contribution in [0.3, 0.4) is 0 Å². The lowest BCUT2D eigenvalue weighted by molar-refractivity contribution is -0.192. The first-order valence-electron chi connectivity index (χ1n) is 13.5. The summed E-state index contributed by atoms with van der Waals surface area (Å²) in [7, 11) is -3.86. The molecule has 43 heavy (non-hydrogen) atoms. The zero-order valence-corrected chi connectivity index (χ0v) is 24.9. The molecular weight excluding hydrogens is 593 g/mol. The number of aromatic nitrogens is 1. The molecule has 1 aromatic carbocycles. The number of hydrogen-bond donors (Lipinski definition) is 1. The highest BCUT2D eigenvalue weighted by molar-refractivity contribution is 7.89. The molecule has 15 heteroatoms. The molecule has 2 aromatic heterocycles. The molecule has 0 unspecified atom stereocenters. The van der Waals surface area contributed by atoms with Crippen molar-refractivity contribution in [2.45, 2.75) is 44.7 Å². The fourth-order valence-corrected chi connectivity index (χ4v) is 7.26. The van der Waals surface area contributed by atoms with Gasteiger partial charge in [0.25, 0.3) is 0 Å². The zero-order valence-electron chi connectivity index (χ0n) is 24.1. The van der Waals surface area contributed by atoms with E-state index in [1.54, 1.807) is 26.4 Å². The highest BCUT2D eigenvalue weighted by Crippen LogP contribution is 2.38. The monoisotopic (exact) mass is 626 g/mol. The molecule has 0 bridgehead atoms. The van der Waals surface area contributed by atoms with Gasteiger partial charge in [-0.15, -0.1) is 0 Å². The number of halogens is 3. The second-order valence-corrected chi connectivity index (χ2v) is 12.5. The number of carboxylic acid groups (broad SMARTS) is 1. The lowest BCUT2D eigenvalue weighted by Crippen LogP contribution is -2.51. The van der Waals surface area contributed by atoms with E-state index in [9.17, 15) is 26.4 Å². The molecule has 2 aliphatic rings. The maximum atomic E-state index is 13.8. The van der Waals surface area contributed by atoms with Gasteiger partial charge in [0.15, 0.2) is 5.76 Å². The standard InChI is InChI=1S/C26H32N4O5S.C2HF3O2/c1-17-5-6-18(2)24(13-17)28-8-10-29(11-9-28)26(31)23-15-30(14-22(23)21-7-12-34-16-21)36(32,33)25-19(3)27-35-20(25)4;3-2(4,5)1(6)7/h5-7,12-13,16,22-23H,8-11,14-15H2,1-4H3;(H,6,7)/t22-,23+;/m0./s1. The summed E-state index contributed by atoms with van der Waals surface area (Å²) in [5.74, 6) is -3.30. The second-order valence-electron chi connectivity index (χ2n) is 10.7. The molecule has 4 heterocycles. The lowest BCUT2D eigenvalue weighted by atomic mass is 9.89. The fourth-order valence-electron chi connectivity index (χ4n) is 5.47. The van der Waals surface area contributed by atoms with E-state index < -0.39 is 28.1 Å². The summed E-state index contributed by atoms with van der Waals surface area (Å²) in [5.41, 5.74) is 4.79. The average molecular weight is 627 g/mol. The van der Waals surface area contributed by atoms with Gasteiger partial charge in [-0.2, -0.15) is 17.5 Å². The van der Waals surface area contributed by atoms with Gasteiger partial charge in [0, 0.05) is 50.9 Å². The predicted molar refractivity (Wildman–Crippen MR) is 148 cm³/mol. The van der Waals surface area contributed by atoms with E-state index in [4.69, 9.17) is 18.8 Å². The van der Waals surface area contributed by atoms with Crippen LogP contribution in [-0.2, 0) is 19.6 Å². The van der Waals surface area contributed by atoms with Gasteiger partial charge in [-0.25, -0.2) is 13.2 Å². The molecule has 234 valence electrons. The SMILES string of the molecule is Cc1ccc(C)c(N2CCN(C(=O)[C@@H]3CN(S(=O)(=O)c4c(C)noc4C)C[C@H]3c3ccoc3)CC2)c1.O=C(O)C(F)(F)F. The maximum Gasteiger partial charge on any atom is 0.490 e. The summed E-state index contributed by atoms with van der Waals surface area (Å²) < 4.78 is 70.6. The topological polar surface area (TPSA) is 137 Å². The summed E-state index contributed by atoms with van der Waals surface area (Å²) in [4.78, 5) is 27.0. The van der Waals surface area contributed by atoms with Crippen molar-refractivity contribution < 1.29 is 45.2 Å². The molecule has 0 saturated carbocycles. The number of piperazine rings is 1. The predicted octanol–water partition coefficient (Wildman–Crippen LogP) is 3.89. The van der Waals surface area contributed by atoms with Crippen LogP contribution >= 0.6 is 0 Å². The Balaban J connectivity index is 0.000000541. The van der Waals surface area contributed by atoms with Crippen molar-refractivity contribution in [2.75, 3.05) is 44.2 Å². The summed E-state index contributed by atoms with van der Waals surface area (Å²) in [5, 5.41) is 10.9. The smallest absolute Gasteiger partial charge is 0.475 e. The molecule has 1 N–H and O–H groups in total. The van der Waals surface area contributed by atoms with Gasteiger partial charge in [0.05, 0.1) is 18.4 Å². The number of benzene rings is 1. The number of anilines is 1. The third-order valence-corrected chi connectivity index (χ3v) is 9.76. The second kappa shape index (κ2) is 12.4. The highest BCUT2D eigenvalue weighted by Gasteiger charge is 2.46. The number of amides is 1.